The number of rotatable bonds is 4. The summed E-state index contributed by atoms with van der Waals surface area (Å²) in [6.07, 6.45) is 7.00. The molecule has 2 aliphatic heterocycles. The van der Waals surface area contributed by atoms with Gasteiger partial charge in [0.2, 0.25) is 0 Å². The summed E-state index contributed by atoms with van der Waals surface area (Å²) in [5, 5.41) is 0. The Morgan fingerprint density at radius 2 is 1.59 bits per heavy atom. The lowest BCUT2D eigenvalue weighted by Crippen LogP contribution is -2.48. The van der Waals surface area contributed by atoms with Gasteiger partial charge in [0, 0.05) is 45.5 Å². The average Bonchev–Trinajstić information content (AvgIpc) is 3.22. The van der Waals surface area contributed by atoms with Crippen LogP contribution < -0.4 is 4.90 Å². The normalized spacial score (nSPS) is 21.0. The Labute approximate surface area is 132 Å². The van der Waals surface area contributed by atoms with Crippen LogP contribution in [0.1, 0.15) is 12.8 Å². The number of nitrogens with zero attached hydrogens (tertiary/aromatic N) is 5. The molecule has 0 atom stereocenters. The minimum absolute atomic E-state index is 1.04. The maximum absolute atomic E-state index is 4.73. The van der Waals surface area contributed by atoms with Crippen molar-refractivity contribution in [1.82, 2.24) is 19.2 Å². The van der Waals surface area contributed by atoms with Crippen molar-refractivity contribution in [2.75, 3.05) is 57.3 Å². The number of pyridine rings is 1. The maximum Gasteiger partial charge on any atom is 0.147 e. The molecule has 0 amide bonds. The zero-order valence-electron chi connectivity index (χ0n) is 13.2. The highest BCUT2D eigenvalue weighted by Crippen LogP contribution is 2.16. The smallest absolute Gasteiger partial charge is 0.147 e. The Balaban J connectivity index is 1.31. The van der Waals surface area contributed by atoms with E-state index in [1.165, 1.54) is 39.0 Å². The SMILES string of the molecule is c1ccn2cc(N3CCN(CCN4CCCC4)CC3)nc2c1. The first-order chi connectivity index (χ1) is 10.9. The van der Waals surface area contributed by atoms with Gasteiger partial charge in [-0.2, -0.15) is 0 Å². The van der Waals surface area contributed by atoms with Gasteiger partial charge in [-0.3, -0.25) is 4.90 Å². The lowest BCUT2D eigenvalue weighted by atomic mass is 10.3. The van der Waals surface area contributed by atoms with Crippen LogP contribution in [0.2, 0.25) is 0 Å². The predicted octanol–water partition coefficient (Wildman–Crippen LogP) is 1.55. The molecule has 0 N–H and O–H groups in total. The molecule has 5 nitrogen and oxygen atoms in total. The van der Waals surface area contributed by atoms with Crippen molar-refractivity contribution in [2.24, 2.45) is 0 Å². The Morgan fingerprint density at radius 3 is 2.32 bits per heavy atom. The second kappa shape index (κ2) is 6.26. The summed E-state index contributed by atoms with van der Waals surface area (Å²) in [6, 6.07) is 6.16. The molecule has 4 rings (SSSR count). The second-order valence-electron chi connectivity index (χ2n) is 6.44. The van der Waals surface area contributed by atoms with E-state index in [-0.39, 0.29) is 0 Å². The summed E-state index contributed by atoms with van der Waals surface area (Å²) in [6.45, 7) is 9.56. The Bertz CT molecular complexity index is 575. The van der Waals surface area contributed by atoms with E-state index < -0.39 is 0 Å². The predicted molar refractivity (Wildman–Crippen MR) is 89.5 cm³/mol. The van der Waals surface area contributed by atoms with E-state index >= 15 is 0 Å². The van der Waals surface area contributed by atoms with Crippen LogP contribution in [0.25, 0.3) is 5.65 Å². The molecule has 4 heterocycles. The van der Waals surface area contributed by atoms with E-state index in [1.807, 2.05) is 6.07 Å². The van der Waals surface area contributed by atoms with Gasteiger partial charge < -0.3 is 14.2 Å². The van der Waals surface area contributed by atoms with E-state index in [1.54, 1.807) is 0 Å². The van der Waals surface area contributed by atoms with Gasteiger partial charge in [0.15, 0.2) is 0 Å². The summed E-state index contributed by atoms with van der Waals surface area (Å²) in [7, 11) is 0. The molecule has 0 saturated carbocycles. The van der Waals surface area contributed by atoms with Crippen molar-refractivity contribution < 1.29 is 0 Å². The first kappa shape index (κ1) is 14.0. The third-order valence-corrected chi connectivity index (χ3v) is 4.98. The Morgan fingerprint density at radius 1 is 0.864 bits per heavy atom. The Hall–Kier alpha value is -1.59. The van der Waals surface area contributed by atoms with E-state index in [0.29, 0.717) is 0 Å². The van der Waals surface area contributed by atoms with Gasteiger partial charge >= 0.3 is 0 Å². The molecule has 0 spiro atoms. The number of anilines is 1. The molecule has 5 heteroatoms. The molecule has 0 bridgehead atoms. The fourth-order valence-corrected chi connectivity index (χ4v) is 3.56. The molecule has 2 fully saturated rings. The van der Waals surface area contributed by atoms with Crippen molar-refractivity contribution >= 4 is 11.5 Å². The van der Waals surface area contributed by atoms with Crippen LogP contribution in [0.3, 0.4) is 0 Å². The van der Waals surface area contributed by atoms with Crippen LogP contribution in [-0.4, -0.2) is 71.5 Å². The third-order valence-electron chi connectivity index (χ3n) is 4.98. The molecule has 118 valence electrons. The lowest BCUT2D eigenvalue weighted by molar-refractivity contribution is 0.215. The Kier molecular flexibility index (Phi) is 3.99. The van der Waals surface area contributed by atoms with Gasteiger partial charge in [0.05, 0.1) is 6.20 Å². The van der Waals surface area contributed by atoms with E-state index in [0.717, 1.165) is 37.6 Å². The molecule has 22 heavy (non-hydrogen) atoms. The first-order valence-electron chi connectivity index (χ1n) is 8.52. The lowest BCUT2D eigenvalue weighted by Gasteiger charge is -2.35. The fourth-order valence-electron chi connectivity index (χ4n) is 3.56. The fraction of sp³-hybridized carbons (Fsp3) is 0.588. The highest BCUT2D eigenvalue weighted by molar-refractivity contribution is 5.50. The van der Waals surface area contributed by atoms with Gasteiger partial charge in [0.25, 0.3) is 0 Å². The van der Waals surface area contributed by atoms with Gasteiger partial charge in [-0.1, -0.05) is 6.07 Å². The highest BCUT2D eigenvalue weighted by Gasteiger charge is 2.20. The van der Waals surface area contributed by atoms with Gasteiger partial charge in [0.1, 0.15) is 11.5 Å². The molecule has 0 radical (unpaired) electrons. The van der Waals surface area contributed by atoms with Crippen molar-refractivity contribution in [3.05, 3.63) is 30.6 Å². The molecule has 2 aromatic heterocycles. The minimum Gasteiger partial charge on any atom is -0.353 e. The summed E-state index contributed by atoms with van der Waals surface area (Å²) in [5.74, 6) is 1.12. The van der Waals surface area contributed by atoms with Crippen molar-refractivity contribution in [1.29, 1.82) is 0 Å². The summed E-state index contributed by atoms with van der Waals surface area (Å²) in [5.41, 5.74) is 1.04. The average molecular weight is 299 g/mol. The largest absolute Gasteiger partial charge is 0.353 e. The molecular weight excluding hydrogens is 274 g/mol. The number of piperazine rings is 1. The molecule has 0 aromatic carbocycles. The van der Waals surface area contributed by atoms with Crippen LogP contribution in [0.4, 0.5) is 5.82 Å². The molecule has 0 unspecified atom stereocenters. The molecular formula is C17H25N5. The van der Waals surface area contributed by atoms with Crippen LogP contribution in [-0.2, 0) is 0 Å². The van der Waals surface area contributed by atoms with E-state index in [9.17, 15) is 0 Å². The summed E-state index contributed by atoms with van der Waals surface area (Å²) in [4.78, 5) is 12.4. The van der Waals surface area contributed by atoms with Gasteiger partial charge in [-0.05, 0) is 38.1 Å². The molecule has 2 saturated heterocycles. The second-order valence-corrected chi connectivity index (χ2v) is 6.44. The van der Waals surface area contributed by atoms with Crippen LogP contribution >= 0.6 is 0 Å². The van der Waals surface area contributed by atoms with E-state index in [4.69, 9.17) is 4.98 Å². The van der Waals surface area contributed by atoms with E-state index in [2.05, 4.69) is 43.6 Å². The zero-order valence-corrected chi connectivity index (χ0v) is 13.2. The van der Waals surface area contributed by atoms with Crippen LogP contribution in [0.15, 0.2) is 30.6 Å². The van der Waals surface area contributed by atoms with Crippen molar-refractivity contribution in [3.8, 4) is 0 Å². The molecule has 2 aromatic rings. The topological polar surface area (TPSA) is 27.0 Å². The minimum atomic E-state index is 1.04. The number of likely N-dealkylation sites (tertiary alicyclic amines) is 1. The quantitative estimate of drug-likeness (QED) is 0.856. The molecule has 2 aliphatic rings. The number of fused-ring (bicyclic) bond motifs is 1. The molecule has 0 aliphatic carbocycles. The van der Waals surface area contributed by atoms with Crippen LogP contribution in [0, 0.1) is 0 Å². The highest BCUT2D eigenvalue weighted by atomic mass is 15.3. The number of hydrogen-bond donors (Lipinski definition) is 0. The van der Waals surface area contributed by atoms with Crippen molar-refractivity contribution in [3.63, 3.8) is 0 Å². The van der Waals surface area contributed by atoms with Crippen LogP contribution in [0.5, 0.6) is 0 Å². The monoisotopic (exact) mass is 299 g/mol. The summed E-state index contributed by atoms with van der Waals surface area (Å²) >= 11 is 0. The standard InChI is InChI=1S/C17H25N5/c1-2-8-22-15-17(18-16(22)5-1)21-13-11-20(12-14-21)10-9-19-6-3-4-7-19/h1-2,5,8,15H,3-4,6-7,9-14H2. The van der Waals surface area contributed by atoms with Gasteiger partial charge in [-0.15, -0.1) is 0 Å². The number of aromatic nitrogens is 2. The van der Waals surface area contributed by atoms with Gasteiger partial charge in [-0.25, -0.2) is 4.98 Å². The number of hydrogen-bond acceptors (Lipinski definition) is 4. The first-order valence-corrected chi connectivity index (χ1v) is 8.52. The van der Waals surface area contributed by atoms with Crippen molar-refractivity contribution in [2.45, 2.75) is 12.8 Å². The number of imidazole rings is 1. The summed E-state index contributed by atoms with van der Waals surface area (Å²) < 4.78 is 2.11. The zero-order chi connectivity index (χ0) is 14.8. The third kappa shape index (κ3) is 2.96. The maximum atomic E-state index is 4.73.